The van der Waals surface area contributed by atoms with E-state index in [1.165, 1.54) is 0 Å². The molecule has 11 heteroatoms. The van der Waals surface area contributed by atoms with Gasteiger partial charge in [-0.2, -0.15) is 0 Å². The third-order valence-electron chi connectivity index (χ3n) is 3.91. The quantitative estimate of drug-likeness (QED) is 0.363. The highest BCUT2D eigenvalue weighted by atomic mass is 79.9. The number of rotatable bonds is 5. The van der Waals surface area contributed by atoms with Gasteiger partial charge in [-0.05, 0) is 0 Å². The summed E-state index contributed by atoms with van der Waals surface area (Å²) >= 11 is 9.77. The molecule has 23 heavy (non-hydrogen) atoms. The maximum Gasteiger partial charge on any atom is 0.208 e. The molecule has 0 spiro atoms. The van der Waals surface area contributed by atoms with Crippen molar-refractivity contribution in [2.75, 3.05) is 17.3 Å². The summed E-state index contributed by atoms with van der Waals surface area (Å²) in [5.74, 6) is -1.57. The highest BCUT2D eigenvalue weighted by Crippen LogP contribution is 2.40. The average Bonchev–Trinajstić information content (AvgIpc) is 2.80. The molecule has 0 aromatic heterocycles. The zero-order valence-electron chi connectivity index (χ0n) is 11.8. The van der Waals surface area contributed by atoms with Crippen LogP contribution in [0.15, 0.2) is 0 Å². The first-order valence-corrected chi connectivity index (χ1v) is 10.0. The Balaban J connectivity index is 2.18. The first-order chi connectivity index (χ1) is 10.8. The van der Waals surface area contributed by atoms with Gasteiger partial charge in [0.05, 0.1) is 22.9 Å². The molecule has 9 atom stereocenters. The molecule has 2 fully saturated rings. The van der Waals surface area contributed by atoms with Crippen molar-refractivity contribution in [1.29, 1.82) is 0 Å². The van der Waals surface area contributed by atoms with Crippen LogP contribution < -0.4 is 0 Å². The van der Waals surface area contributed by atoms with Gasteiger partial charge in [-0.25, -0.2) is 4.39 Å². The minimum atomic E-state index is -1.96. The molecule has 0 aliphatic carbocycles. The summed E-state index contributed by atoms with van der Waals surface area (Å²) in [5, 5.41) is 39.7. The van der Waals surface area contributed by atoms with E-state index in [2.05, 4.69) is 47.8 Å². The van der Waals surface area contributed by atoms with E-state index in [0.29, 0.717) is 5.33 Å². The summed E-state index contributed by atoms with van der Waals surface area (Å²) in [6, 6.07) is 0. The molecule has 136 valence electrons. The first kappa shape index (κ1) is 20.4. The van der Waals surface area contributed by atoms with Crippen molar-refractivity contribution < 1.29 is 39.0 Å². The smallest absolute Gasteiger partial charge is 0.208 e. The summed E-state index contributed by atoms with van der Waals surface area (Å²) in [6.07, 6.45) is -9.81. The van der Waals surface area contributed by atoms with Crippen LogP contribution >= 0.6 is 47.8 Å². The molecule has 0 radical (unpaired) electrons. The maximum absolute atomic E-state index is 13.8. The average molecular weight is 533 g/mol. The molecule has 2 rings (SSSR count). The number of hydrogen-bond donors (Lipinski definition) is 4. The number of ether oxygens (including phenoxy) is 3. The summed E-state index contributed by atoms with van der Waals surface area (Å²) in [4.78, 5) is -0.451. The van der Waals surface area contributed by atoms with Crippen LogP contribution in [0.25, 0.3) is 0 Å². The predicted molar refractivity (Wildman–Crippen MR) is 87.7 cm³/mol. The molecular formula is C12H18Br3FO7. The van der Waals surface area contributed by atoms with Gasteiger partial charge in [0.25, 0.3) is 0 Å². The zero-order chi connectivity index (χ0) is 17.4. The van der Waals surface area contributed by atoms with E-state index in [-0.39, 0.29) is 5.33 Å². The van der Waals surface area contributed by atoms with Crippen molar-refractivity contribution in [2.24, 2.45) is 0 Å². The Labute approximate surface area is 157 Å². The lowest BCUT2D eigenvalue weighted by molar-refractivity contribution is -0.365. The Bertz CT molecular complexity index is 407. The highest BCUT2D eigenvalue weighted by molar-refractivity contribution is 9.10. The lowest BCUT2D eigenvalue weighted by Gasteiger charge is -2.42. The second-order valence-electron chi connectivity index (χ2n) is 5.41. The molecule has 2 aliphatic rings. The van der Waals surface area contributed by atoms with E-state index in [4.69, 9.17) is 19.3 Å². The van der Waals surface area contributed by atoms with Crippen LogP contribution in [-0.2, 0) is 14.2 Å². The number of alkyl halides is 4. The van der Waals surface area contributed by atoms with Crippen molar-refractivity contribution in [3.05, 3.63) is 0 Å². The van der Waals surface area contributed by atoms with Crippen molar-refractivity contribution in [1.82, 2.24) is 0 Å². The summed E-state index contributed by atoms with van der Waals surface area (Å²) in [7, 11) is 0. The van der Waals surface area contributed by atoms with Gasteiger partial charge >= 0.3 is 0 Å². The SMILES string of the molecule is OC[C@H]1O[C@H](O[C@]2(CBr)O[C@H](CBr)[C@@H](Br)[C@@H]2O)[C@H](O)[C@@H](O)[C@H]1F. The molecule has 2 aliphatic heterocycles. The molecule has 0 unspecified atom stereocenters. The van der Waals surface area contributed by atoms with Gasteiger partial charge < -0.3 is 34.6 Å². The molecule has 0 aromatic rings. The van der Waals surface area contributed by atoms with E-state index in [0.717, 1.165) is 0 Å². The predicted octanol–water partition coefficient (Wildman–Crippen LogP) is -0.211. The number of hydrogen-bond acceptors (Lipinski definition) is 7. The Morgan fingerprint density at radius 1 is 1.13 bits per heavy atom. The van der Waals surface area contributed by atoms with Gasteiger partial charge in [-0.15, -0.1) is 0 Å². The zero-order valence-corrected chi connectivity index (χ0v) is 16.5. The van der Waals surface area contributed by atoms with E-state index in [1.54, 1.807) is 0 Å². The van der Waals surface area contributed by atoms with Crippen molar-refractivity contribution in [3.8, 4) is 0 Å². The topological polar surface area (TPSA) is 109 Å². The normalized spacial score (nSPS) is 51.1. The molecule has 0 bridgehead atoms. The highest BCUT2D eigenvalue weighted by Gasteiger charge is 2.57. The third-order valence-corrected chi connectivity index (χ3v) is 6.42. The molecule has 2 heterocycles. The molecular weight excluding hydrogens is 515 g/mol. The van der Waals surface area contributed by atoms with Crippen LogP contribution in [0.2, 0.25) is 0 Å². The molecule has 0 aromatic carbocycles. The largest absolute Gasteiger partial charge is 0.394 e. The van der Waals surface area contributed by atoms with Gasteiger partial charge in [0.2, 0.25) is 5.79 Å². The van der Waals surface area contributed by atoms with Crippen LogP contribution in [0.3, 0.4) is 0 Å². The Morgan fingerprint density at radius 3 is 2.26 bits per heavy atom. The Kier molecular flexibility index (Phi) is 7.27. The van der Waals surface area contributed by atoms with Gasteiger partial charge in [0, 0.05) is 5.33 Å². The van der Waals surface area contributed by atoms with E-state index < -0.39 is 60.2 Å². The third kappa shape index (κ3) is 3.79. The lowest BCUT2D eigenvalue weighted by atomic mass is 10.0. The van der Waals surface area contributed by atoms with Gasteiger partial charge in [-0.3, -0.25) is 0 Å². The fraction of sp³-hybridized carbons (Fsp3) is 1.00. The van der Waals surface area contributed by atoms with Gasteiger partial charge in [0.1, 0.15) is 24.4 Å². The maximum atomic E-state index is 13.8. The van der Waals surface area contributed by atoms with Crippen molar-refractivity contribution in [3.63, 3.8) is 0 Å². The summed E-state index contributed by atoms with van der Waals surface area (Å²) < 4.78 is 30.2. The van der Waals surface area contributed by atoms with Crippen LogP contribution in [0.1, 0.15) is 0 Å². The van der Waals surface area contributed by atoms with Crippen LogP contribution in [0.5, 0.6) is 0 Å². The lowest BCUT2D eigenvalue weighted by Crippen LogP contribution is -2.61. The first-order valence-electron chi connectivity index (χ1n) is 6.87. The molecule has 2 saturated heterocycles. The molecule has 0 saturated carbocycles. The van der Waals surface area contributed by atoms with Gasteiger partial charge in [0.15, 0.2) is 12.5 Å². The molecule has 4 N–H and O–H groups in total. The fourth-order valence-electron chi connectivity index (χ4n) is 2.53. The van der Waals surface area contributed by atoms with E-state index >= 15 is 0 Å². The van der Waals surface area contributed by atoms with Gasteiger partial charge in [-0.1, -0.05) is 47.8 Å². The van der Waals surface area contributed by atoms with Crippen LogP contribution in [0, 0.1) is 0 Å². The second-order valence-corrected chi connectivity index (χ2v) is 7.68. The van der Waals surface area contributed by atoms with Crippen molar-refractivity contribution >= 4 is 47.8 Å². The Hall–Kier alpha value is 1.09. The monoisotopic (exact) mass is 530 g/mol. The minimum Gasteiger partial charge on any atom is -0.394 e. The van der Waals surface area contributed by atoms with Crippen LogP contribution in [-0.4, -0.2) is 91.3 Å². The number of aliphatic hydroxyl groups excluding tert-OH is 4. The summed E-state index contributed by atoms with van der Waals surface area (Å²) in [6.45, 7) is -0.694. The number of halogens is 4. The fourth-order valence-corrected chi connectivity index (χ4v) is 4.86. The number of aliphatic hydroxyl groups is 4. The van der Waals surface area contributed by atoms with Crippen molar-refractivity contribution in [2.45, 2.75) is 53.6 Å². The Morgan fingerprint density at radius 2 is 1.78 bits per heavy atom. The molecule has 7 nitrogen and oxygen atoms in total. The van der Waals surface area contributed by atoms with E-state index in [9.17, 15) is 19.7 Å². The summed E-state index contributed by atoms with van der Waals surface area (Å²) in [5.41, 5.74) is 0. The second kappa shape index (κ2) is 8.19. The van der Waals surface area contributed by atoms with E-state index in [1.807, 2.05) is 0 Å². The van der Waals surface area contributed by atoms with Crippen LogP contribution in [0.4, 0.5) is 4.39 Å². The minimum absolute atomic E-state index is 0.0400. The molecule has 0 amide bonds. The standard InChI is InChI=1S/C12H18Br3FO7/c13-1-4-6(15)10(20)12(3-14,22-4)23-11-9(19)8(18)7(16)5(2-17)21-11/h4-11,17-20H,1-3H2/t4-,5-,6-,7+,8+,9-,10+,11-,12+/m1/s1.